The van der Waals surface area contributed by atoms with Gasteiger partial charge in [0, 0.05) is 31.0 Å². The molecule has 2 heterocycles. The quantitative estimate of drug-likeness (QED) is 0.448. The van der Waals surface area contributed by atoms with E-state index in [1.165, 1.54) is 0 Å². The van der Waals surface area contributed by atoms with Crippen LogP contribution in [0.5, 0.6) is 11.5 Å². The molecule has 1 aromatic carbocycles. The highest BCUT2D eigenvalue weighted by molar-refractivity contribution is 7.71. The van der Waals surface area contributed by atoms with Gasteiger partial charge in [-0.25, -0.2) is 4.68 Å². The lowest BCUT2D eigenvalue weighted by Gasteiger charge is -2.18. The van der Waals surface area contributed by atoms with Crippen LogP contribution in [0.4, 0.5) is 0 Å². The standard InChI is InChI=1S/C22H29N5O2S/c1-5-13-26-21(18-9-11-23-12-10-18)24-27(22(26)30)16-25(3)15-17-7-8-19(29-6-2)20(14-17)28-4/h7-12,14H,5-6,13,15-16H2,1-4H3. The lowest BCUT2D eigenvalue weighted by Crippen LogP contribution is -2.22. The van der Waals surface area contributed by atoms with Crippen molar-refractivity contribution >= 4 is 12.2 Å². The number of benzene rings is 1. The molecular weight excluding hydrogens is 398 g/mol. The maximum absolute atomic E-state index is 5.73. The number of ether oxygens (including phenoxy) is 2. The second-order valence-electron chi connectivity index (χ2n) is 7.07. The second kappa shape index (κ2) is 10.4. The Hall–Kier alpha value is -2.71. The van der Waals surface area contributed by atoms with E-state index in [2.05, 4.69) is 34.5 Å². The molecular formula is C22H29N5O2S. The molecule has 0 saturated heterocycles. The molecule has 30 heavy (non-hydrogen) atoms. The molecule has 0 aliphatic carbocycles. The number of aromatic nitrogens is 4. The minimum Gasteiger partial charge on any atom is -0.493 e. The van der Waals surface area contributed by atoms with Crippen LogP contribution >= 0.6 is 12.2 Å². The molecule has 0 aliphatic heterocycles. The lowest BCUT2D eigenvalue weighted by molar-refractivity contribution is 0.243. The fourth-order valence-corrected chi connectivity index (χ4v) is 3.62. The van der Waals surface area contributed by atoms with Gasteiger partial charge in [0.15, 0.2) is 22.1 Å². The monoisotopic (exact) mass is 427 g/mol. The van der Waals surface area contributed by atoms with E-state index in [1.54, 1.807) is 19.5 Å². The molecule has 0 atom stereocenters. The van der Waals surface area contributed by atoms with Crippen molar-refractivity contribution in [3.8, 4) is 22.9 Å². The molecule has 0 amide bonds. The summed E-state index contributed by atoms with van der Waals surface area (Å²) in [5.41, 5.74) is 2.15. The minimum absolute atomic E-state index is 0.586. The van der Waals surface area contributed by atoms with Crippen LogP contribution in [-0.2, 0) is 19.8 Å². The topological polar surface area (TPSA) is 57.3 Å². The molecule has 8 heteroatoms. The van der Waals surface area contributed by atoms with Gasteiger partial charge in [-0.1, -0.05) is 13.0 Å². The highest BCUT2D eigenvalue weighted by atomic mass is 32.1. The van der Waals surface area contributed by atoms with Gasteiger partial charge in [-0.2, -0.15) is 5.10 Å². The number of pyridine rings is 1. The molecule has 0 aliphatic rings. The molecule has 7 nitrogen and oxygen atoms in total. The molecule has 0 N–H and O–H groups in total. The van der Waals surface area contributed by atoms with Crippen molar-refractivity contribution in [1.82, 2.24) is 24.2 Å². The van der Waals surface area contributed by atoms with E-state index in [0.717, 1.165) is 52.7 Å². The molecule has 160 valence electrons. The van der Waals surface area contributed by atoms with Crippen LogP contribution in [-0.4, -0.2) is 45.0 Å². The Labute approximate surface area is 182 Å². The van der Waals surface area contributed by atoms with E-state index >= 15 is 0 Å². The molecule has 3 rings (SSSR count). The summed E-state index contributed by atoms with van der Waals surface area (Å²) < 4.78 is 15.8. The normalized spacial score (nSPS) is 11.1. The third-order valence-corrected chi connectivity index (χ3v) is 5.10. The van der Waals surface area contributed by atoms with Crippen molar-refractivity contribution in [3.63, 3.8) is 0 Å². The Morgan fingerprint density at radius 2 is 1.87 bits per heavy atom. The number of hydrogen-bond donors (Lipinski definition) is 0. The van der Waals surface area contributed by atoms with Crippen molar-refractivity contribution in [3.05, 3.63) is 53.1 Å². The van der Waals surface area contributed by atoms with Gasteiger partial charge in [-0.3, -0.25) is 14.5 Å². The molecule has 0 bridgehead atoms. The van der Waals surface area contributed by atoms with Crippen molar-refractivity contribution in [2.45, 2.75) is 40.0 Å². The zero-order chi connectivity index (χ0) is 21.5. The van der Waals surface area contributed by atoms with Gasteiger partial charge in [0.1, 0.15) is 0 Å². The summed E-state index contributed by atoms with van der Waals surface area (Å²) in [6.07, 6.45) is 4.54. The van der Waals surface area contributed by atoms with Gasteiger partial charge in [0.05, 0.1) is 20.4 Å². The van der Waals surface area contributed by atoms with Crippen molar-refractivity contribution in [1.29, 1.82) is 0 Å². The van der Waals surface area contributed by atoms with Gasteiger partial charge >= 0.3 is 0 Å². The zero-order valence-electron chi connectivity index (χ0n) is 18.0. The Kier molecular flexibility index (Phi) is 7.59. The first kappa shape index (κ1) is 22.0. The predicted molar refractivity (Wildman–Crippen MR) is 120 cm³/mol. The summed E-state index contributed by atoms with van der Waals surface area (Å²) in [4.78, 5) is 6.28. The van der Waals surface area contributed by atoms with E-state index in [-0.39, 0.29) is 0 Å². The summed E-state index contributed by atoms with van der Waals surface area (Å²) in [7, 11) is 3.71. The van der Waals surface area contributed by atoms with Crippen molar-refractivity contribution < 1.29 is 9.47 Å². The Balaban J connectivity index is 1.80. The fraction of sp³-hybridized carbons (Fsp3) is 0.409. The smallest absolute Gasteiger partial charge is 0.199 e. The van der Waals surface area contributed by atoms with Gasteiger partial charge < -0.3 is 9.47 Å². The largest absolute Gasteiger partial charge is 0.493 e. The summed E-state index contributed by atoms with van der Waals surface area (Å²) in [6, 6.07) is 9.95. The third-order valence-electron chi connectivity index (χ3n) is 4.66. The van der Waals surface area contributed by atoms with Crippen LogP contribution in [0.1, 0.15) is 25.8 Å². The number of hydrogen-bond acceptors (Lipinski definition) is 6. The maximum Gasteiger partial charge on any atom is 0.199 e. The Morgan fingerprint density at radius 1 is 1.10 bits per heavy atom. The van der Waals surface area contributed by atoms with E-state index in [9.17, 15) is 0 Å². The number of rotatable bonds is 10. The maximum atomic E-state index is 5.73. The SMILES string of the molecule is CCCn1c(-c2ccncc2)nn(CN(C)Cc2ccc(OCC)c(OC)c2)c1=S. The van der Waals surface area contributed by atoms with Crippen molar-refractivity contribution in [2.75, 3.05) is 20.8 Å². The summed E-state index contributed by atoms with van der Waals surface area (Å²) in [5.74, 6) is 2.38. The Morgan fingerprint density at radius 3 is 2.53 bits per heavy atom. The Bertz CT molecular complexity index is 1020. The van der Waals surface area contributed by atoms with Gasteiger partial charge in [-0.15, -0.1) is 0 Å². The first-order valence-corrected chi connectivity index (χ1v) is 10.5. The van der Waals surface area contributed by atoms with E-state index in [4.69, 9.17) is 26.8 Å². The fourth-order valence-electron chi connectivity index (χ4n) is 3.35. The highest BCUT2D eigenvalue weighted by Crippen LogP contribution is 2.28. The van der Waals surface area contributed by atoms with Crippen LogP contribution in [0.15, 0.2) is 42.7 Å². The molecule has 0 fully saturated rings. The molecule has 3 aromatic rings. The van der Waals surface area contributed by atoms with E-state index < -0.39 is 0 Å². The van der Waals surface area contributed by atoms with Gasteiger partial charge in [0.25, 0.3) is 0 Å². The number of methoxy groups -OCH3 is 1. The first-order valence-electron chi connectivity index (χ1n) is 10.1. The van der Waals surface area contributed by atoms with Crippen molar-refractivity contribution in [2.24, 2.45) is 0 Å². The van der Waals surface area contributed by atoms with Crippen LogP contribution in [0.3, 0.4) is 0 Å². The zero-order valence-corrected chi connectivity index (χ0v) is 18.9. The summed E-state index contributed by atoms with van der Waals surface area (Å²) in [6.45, 7) is 6.85. The predicted octanol–water partition coefficient (Wildman–Crippen LogP) is 4.38. The summed E-state index contributed by atoms with van der Waals surface area (Å²) >= 11 is 5.73. The average Bonchev–Trinajstić information content (AvgIpc) is 3.05. The second-order valence-corrected chi connectivity index (χ2v) is 7.43. The first-order chi connectivity index (χ1) is 14.6. The van der Waals surface area contributed by atoms with Crippen LogP contribution in [0, 0.1) is 4.77 Å². The number of nitrogens with zero attached hydrogens (tertiary/aromatic N) is 5. The van der Waals surface area contributed by atoms with E-state index in [0.29, 0.717) is 13.3 Å². The average molecular weight is 428 g/mol. The van der Waals surface area contributed by atoms with E-state index in [1.807, 2.05) is 35.9 Å². The molecule has 0 saturated carbocycles. The van der Waals surface area contributed by atoms with Crippen LogP contribution in [0.2, 0.25) is 0 Å². The molecule has 0 spiro atoms. The third kappa shape index (κ3) is 5.06. The molecule has 2 aromatic heterocycles. The summed E-state index contributed by atoms with van der Waals surface area (Å²) in [5, 5.41) is 4.81. The lowest BCUT2D eigenvalue weighted by atomic mass is 10.2. The van der Waals surface area contributed by atoms with Crippen LogP contribution in [0.25, 0.3) is 11.4 Å². The van der Waals surface area contributed by atoms with Crippen LogP contribution < -0.4 is 9.47 Å². The van der Waals surface area contributed by atoms with Gasteiger partial charge in [0.2, 0.25) is 0 Å². The van der Waals surface area contributed by atoms with Gasteiger partial charge in [-0.05, 0) is 62.4 Å². The minimum atomic E-state index is 0.586. The molecule has 0 radical (unpaired) electrons. The highest BCUT2D eigenvalue weighted by Gasteiger charge is 2.14. The molecule has 0 unspecified atom stereocenters.